The first-order chi connectivity index (χ1) is 20.2. The van der Waals surface area contributed by atoms with Gasteiger partial charge in [-0.25, -0.2) is 4.98 Å². The Morgan fingerprint density at radius 1 is 0.929 bits per heavy atom. The molecular formula is C33H44F3N5O. The van der Waals surface area contributed by atoms with Crippen molar-refractivity contribution in [1.82, 2.24) is 19.7 Å². The quantitative estimate of drug-likeness (QED) is 0.353. The molecule has 0 bridgehead atoms. The molecule has 0 N–H and O–H groups in total. The molecule has 0 unspecified atom stereocenters. The van der Waals surface area contributed by atoms with E-state index in [4.69, 9.17) is 4.98 Å². The summed E-state index contributed by atoms with van der Waals surface area (Å²) in [5.74, 6) is 0.819. The Morgan fingerprint density at radius 3 is 2.17 bits per heavy atom. The minimum Gasteiger partial charge on any atom is -0.357 e. The van der Waals surface area contributed by atoms with Crippen LogP contribution >= 0.6 is 0 Å². The van der Waals surface area contributed by atoms with Crippen molar-refractivity contribution >= 4 is 17.8 Å². The molecule has 1 aromatic heterocycles. The molecule has 1 saturated carbocycles. The third kappa shape index (κ3) is 7.72. The van der Waals surface area contributed by atoms with E-state index in [2.05, 4.69) is 40.9 Å². The van der Waals surface area contributed by atoms with Gasteiger partial charge in [0.15, 0.2) is 0 Å². The Morgan fingerprint density at radius 2 is 1.57 bits per heavy atom. The fourth-order valence-corrected chi connectivity index (χ4v) is 6.75. The minimum absolute atomic E-state index is 0.106. The monoisotopic (exact) mass is 583 g/mol. The molecule has 2 aromatic rings. The van der Waals surface area contributed by atoms with Crippen LogP contribution in [-0.2, 0) is 17.5 Å². The Hall–Kier alpha value is -2.91. The standard InChI is InChI=1S/C33H44F3N5O/c1-38-19-15-28(16-20-38)39(2)31-13-9-26(23-37-31)24-41(30-17-21-40(22-18-30)29-5-3-4-6-29)32(42)14-10-25-7-11-27(12-8-25)33(34,35)36/h7-14,23,28-30H,3-6,15-22,24H2,1-2H3. The Kier molecular flexibility index (Phi) is 9.88. The number of piperidine rings is 2. The summed E-state index contributed by atoms with van der Waals surface area (Å²) >= 11 is 0. The van der Waals surface area contributed by atoms with Gasteiger partial charge in [0.25, 0.3) is 0 Å². The lowest BCUT2D eigenvalue weighted by Gasteiger charge is -2.40. The van der Waals surface area contributed by atoms with Gasteiger partial charge in [-0.3, -0.25) is 4.79 Å². The van der Waals surface area contributed by atoms with Gasteiger partial charge in [0.1, 0.15) is 5.82 Å². The highest BCUT2D eigenvalue weighted by Crippen LogP contribution is 2.30. The predicted molar refractivity (Wildman–Crippen MR) is 161 cm³/mol. The first kappa shape index (κ1) is 30.5. The molecule has 3 fully saturated rings. The van der Waals surface area contributed by atoms with Crippen molar-refractivity contribution in [2.75, 3.05) is 45.2 Å². The molecule has 5 rings (SSSR count). The third-order valence-corrected chi connectivity index (χ3v) is 9.48. The zero-order valence-electron chi connectivity index (χ0n) is 24.9. The summed E-state index contributed by atoms with van der Waals surface area (Å²) < 4.78 is 38.9. The van der Waals surface area contributed by atoms with E-state index in [0.29, 0.717) is 24.2 Å². The van der Waals surface area contributed by atoms with Crippen LogP contribution in [0.2, 0.25) is 0 Å². The number of nitrogens with zero attached hydrogens (tertiary/aromatic N) is 5. The summed E-state index contributed by atoms with van der Waals surface area (Å²) in [5.41, 5.74) is 0.847. The number of carbonyl (C=O) groups is 1. The number of anilines is 1. The number of pyridine rings is 1. The van der Waals surface area contributed by atoms with Gasteiger partial charge in [0.05, 0.1) is 5.56 Å². The van der Waals surface area contributed by atoms with Crippen LogP contribution < -0.4 is 4.90 Å². The van der Waals surface area contributed by atoms with Crippen molar-refractivity contribution in [2.24, 2.45) is 0 Å². The molecule has 1 amide bonds. The zero-order chi connectivity index (χ0) is 29.7. The Balaban J connectivity index is 1.27. The molecule has 0 spiro atoms. The van der Waals surface area contributed by atoms with Crippen molar-refractivity contribution in [1.29, 1.82) is 0 Å². The lowest BCUT2D eigenvalue weighted by Crippen LogP contribution is -2.48. The lowest BCUT2D eigenvalue weighted by atomic mass is 10.00. The number of halogens is 3. The third-order valence-electron chi connectivity index (χ3n) is 9.48. The molecule has 3 heterocycles. The van der Waals surface area contributed by atoms with Gasteiger partial charge in [-0.05, 0) is 94.1 Å². The van der Waals surface area contributed by atoms with E-state index in [1.54, 1.807) is 6.08 Å². The number of aromatic nitrogens is 1. The van der Waals surface area contributed by atoms with Gasteiger partial charge < -0.3 is 19.6 Å². The van der Waals surface area contributed by atoms with E-state index in [-0.39, 0.29) is 11.9 Å². The van der Waals surface area contributed by atoms with Gasteiger partial charge in [0, 0.05) is 57.1 Å². The molecule has 1 aromatic carbocycles. The van der Waals surface area contributed by atoms with Crippen LogP contribution in [0, 0.1) is 0 Å². The molecule has 2 aliphatic heterocycles. The summed E-state index contributed by atoms with van der Waals surface area (Å²) in [5, 5.41) is 0. The predicted octanol–water partition coefficient (Wildman–Crippen LogP) is 6.08. The summed E-state index contributed by atoms with van der Waals surface area (Å²) in [4.78, 5) is 27.5. The molecule has 42 heavy (non-hydrogen) atoms. The zero-order valence-corrected chi connectivity index (χ0v) is 24.9. The SMILES string of the molecule is CN1CCC(N(C)c2ccc(CN(C(=O)C=Cc3ccc(C(F)(F)F)cc3)C3CCN(C4CCCC4)CC3)cn2)CC1. The molecular weight excluding hydrogens is 539 g/mol. The Bertz CT molecular complexity index is 1180. The number of hydrogen-bond acceptors (Lipinski definition) is 5. The maximum Gasteiger partial charge on any atom is 0.416 e. The van der Waals surface area contributed by atoms with E-state index in [0.717, 1.165) is 75.4 Å². The fraction of sp³-hybridized carbons (Fsp3) is 0.576. The van der Waals surface area contributed by atoms with Crippen LogP contribution in [0.4, 0.5) is 19.0 Å². The fourth-order valence-electron chi connectivity index (χ4n) is 6.75. The molecule has 2 saturated heterocycles. The van der Waals surface area contributed by atoms with Crippen molar-refractivity contribution in [3.05, 3.63) is 65.4 Å². The van der Waals surface area contributed by atoms with Crippen LogP contribution in [0.5, 0.6) is 0 Å². The molecule has 0 atom stereocenters. The van der Waals surface area contributed by atoms with Gasteiger partial charge in [-0.1, -0.05) is 31.0 Å². The second-order valence-electron chi connectivity index (χ2n) is 12.3. The summed E-state index contributed by atoms with van der Waals surface area (Å²) in [6, 6.07) is 10.3. The first-order valence-electron chi connectivity index (χ1n) is 15.4. The van der Waals surface area contributed by atoms with E-state index in [9.17, 15) is 18.0 Å². The topological polar surface area (TPSA) is 42.9 Å². The molecule has 228 valence electrons. The van der Waals surface area contributed by atoms with Gasteiger partial charge >= 0.3 is 6.18 Å². The smallest absolute Gasteiger partial charge is 0.357 e. The first-order valence-corrected chi connectivity index (χ1v) is 15.4. The van der Waals surface area contributed by atoms with Crippen molar-refractivity contribution in [2.45, 2.75) is 82.2 Å². The summed E-state index contributed by atoms with van der Waals surface area (Å²) in [6.07, 6.45) is 9.83. The van der Waals surface area contributed by atoms with Gasteiger partial charge in [-0.15, -0.1) is 0 Å². The number of rotatable bonds is 8. The number of likely N-dealkylation sites (tertiary alicyclic amines) is 2. The largest absolute Gasteiger partial charge is 0.416 e. The normalized spacial score (nSPS) is 20.4. The summed E-state index contributed by atoms with van der Waals surface area (Å²) in [7, 11) is 4.27. The number of carbonyl (C=O) groups excluding carboxylic acids is 1. The van der Waals surface area contributed by atoms with Crippen LogP contribution in [0.1, 0.15) is 68.1 Å². The van der Waals surface area contributed by atoms with E-state index in [1.807, 2.05) is 11.1 Å². The van der Waals surface area contributed by atoms with Crippen LogP contribution in [-0.4, -0.2) is 84.0 Å². The van der Waals surface area contributed by atoms with E-state index < -0.39 is 11.7 Å². The molecule has 1 aliphatic carbocycles. The lowest BCUT2D eigenvalue weighted by molar-refractivity contribution is -0.137. The van der Waals surface area contributed by atoms with Crippen molar-refractivity contribution < 1.29 is 18.0 Å². The van der Waals surface area contributed by atoms with Crippen LogP contribution in [0.25, 0.3) is 6.08 Å². The second-order valence-corrected chi connectivity index (χ2v) is 12.3. The second kappa shape index (κ2) is 13.6. The van der Waals surface area contributed by atoms with E-state index in [1.165, 1.54) is 43.9 Å². The highest BCUT2D eigenvalue weighted by molar-refractivity contribution is 5.92. The highest BCUT2D eigenvalue weighted by Gasteiger charge is 2.32. The average Bonchev–Trinajstić information content (AvgIpc) is 3.54. The van der Waals surface area contributed by atoms with Crippen molar-refractivity contribution in [3.8, 4) is 0 Å². The number of amides is 1. The number of alkyl halides is 3. The minimum atomic E-state index is -4.38. The van der Waals surface area contributed by atoms with Crippen LogP contribution in [0.15, 0.2) is 48.7 Å². The number of benzene rings is 1. The molecule has 6 nitrogen and oxygen atoms in total. The summed E-state index contributed by atoms with van der Waals surface area (Å²) in [6.45, 7) is 4.60. The van der Waals surface area contributed by atoms with Gasteiger partial charge in [-0.2, -0.15) is 13.2 Å². The Labute approximate surface area is 248 Å². The molecule has 9 heteroatoms. The van der Waals surface area contributed by atoms with Crippen LogP contribution in [0.3, 0.4) is 0 Å². The average molecular weight is 584 g/mol. The van der Waals surface area contributed by atoms with Gasteiger partial charge in [0.2, 0.25) is 5.91 Å². The molecule has 0 radical (unpaired) electrons. The maximum absolute atomic E-state index is 13.6. The highest BCUT2D eigenvalue weighted by atomic mass is 19.4. The van der Waals surface area contributed by atoms with Crippen molar-refractivity contribution in [3.63, 3.8) is 0 Å². The number of hydrogen-bond donors (Lipinski definition) is 0. The maximum atomic E-state index is 13.6. The van der Waals surface area contributed by atoms with E-state index >= 15 is 0 Å². The molecule has 3 aliphatic rings.